The standard InChI is InChI=1S/C6H6N4O3S/c7-6(11)9(14)5-2-1-4(3-8-5)10(12)13/h1-3,14H,(H2,7,11). The van der Waals surface area contributed by atoms with E-state index >= 15 is 0 Å². The van der Waals surface area contributed by atoms with Crippen LogP contribution in [-0.2, 0) is 0 Å². The lowest BCUT2D eigenvalue weighted by Crippen LogP contribution is -2.27. The van der Waals surface area contributed by atoms with Gasteiger partial charge in [-0.05, 0) is 6.07 Å². The highest BCUT2D eigenvalue weighted by Gasteiger charge is 2.11. The topological polar surface area (TPSA) is 102 Å². The van der Waals surface area contributed by atoms with Crippen molar-refractivity contribution in [1.82, 2.24) is 4.98 Å². The fraction of sp³-hybridized carbons (Fsp3) is 0. The molecule has 0 unspecified atom stereocenters. The number of amides is 2. The van der Waals surface area contributed by atoms with E-state index in [2.05, 4.69) is 17.8 Å². The second kappa shape index (κ2) is 3.92. The van der Waals surface area contributed by atoms with Gasteiger partial charge in [-0.15, -0.1) is 0 Å². The molecule has 74 valence electrons. The molecule has 0 radical (unpaired) electrons. The maximum atomic E-state index is 10.6. The van der Waals surface area contributed by atoms with Crippen LogP contribution in [0.1, 0.15) is 0 Å². The van der Waals surface area contributed by atoms with E-state index in [9.17, 15) is 14.9 Å². The Morgan fingerprint density at radius 2 is 2.29 bits per heavy atom. The molecule has 0 bridgehead atoms. The molecule has 0 saturated heterocycles. The lowest BCUT2D eigenvalue weighted by molar-refractivity contribution is -0.385. The van der Waals surface area contributed by atoms with Gasteiger partial charge in [0, 0.05) is 6.07 Å². The van der Waals surface area contributed by atoms with Crippen molar-refractivity contribution in [1.29, 1.82) is 0 Å². The van der Waals surface area contributed by atoms with Gasteiger partial charge in [-0.1, -0.05) is 12.8 Å². The number of nitrogens with two attached hydrogens (primary N) is 1. The van der Waals surface area contributed by atoms with Crippen molar-refractivity contribution in [3.8, 4) is 0 Å². The van der Waals surface area contributed by atoms with Crippen LogP contribution in [0.4, 0.5) is 16.3 Å². The van der Waals surface area contributed by atoms with Crippen LogP contribution in [0.15, 0.2) is 18.3 Å². The van der Waals surface area contributed by atoms with Gasteiger partial charge in [0.15, 0.2) is 0 Å². The number of nitrogens with zero attached hydrogens (tertiary/aromatic N) is 3. The predicted molar refractivity (Wildman–Crippen MR) is 51.9 cm³/mol. The number of hydrogen-bond acceptors (Lipinski definition) is 5. The van der Waals surface area contributed by atoms with Gasteiger partial charge in [0.25, 0.3) is 5.69 Å². The van der Waals surface area contributed by atoms with Crippen LogP contribution in [0.2, 0.25) is 0 Å². The van der Waals surface area contributed by atoms with Gasteiger partial charge in [0.2, 0.25) is 0 Å². The van der Waals surface area contributed by atoms with E-state index in [0.717, 1.165) is 10.5 Å². The number of urea groups is 1. The van der Waals surface area contributed by atoms with Crippen LogP contribution < -0.4 is 10.0 Å². The van der Waals surface area contributed by atoms with E-state index in [0.29, 0.717) is 0 Å². The largest absolute Gasteiger partial charge is 0.350 e. The normalized spacial score (nSPS) is 9.50. The molecule has 1 aromatic heterocycles. The summed E-state index contributed by atoms with van der Waals surface area (Å²) in [5.41, 5.74) is 4.74. The molecule has 0 atom stereocenters. The van der Waals surface area contributed by atoms with E-state index in [1.165, 1.54) is 12.1 Å². The van der Waals surface area contributed by atoms with Gasteiger partial charge in [-0.25, -0.2) is 14.1 Å². The Balaban J connectivity index is 2.94. The summed E-state index contributed by atoms with van der Waals surface area (Å²) in [5, 5.41) is 10.3. The van der Waals surface area contributed by atoms with Crippen molar-refractivity contribution in [2.24, 2.45) is 5.73 Å². The zero-order valence-corrected chi connectivity index (χ0v) is 7.72. The summed E-state index contributed by atoms with van der Waals surface area (Å²) in [6, 6.07) is 1.67. The number of nitro groups is 1. The summed E-state index contributed by atoms with van der Waals surface area (Å²) in [4.78, 5) is 23.9. The van der Waals surface area contributed by atoms with Crippen molar-refractivity contribution in [2.75, 3.05) is 4.31 Å². The first-order valence-corrected chi connectivity index (χ1v) is 3.81. The third kappa shape index (κ3) is 2.10. The maximum absolute atomic E-state index is 10.6. The molecule has 0 spiro atoms. The number of primary amides is 1. The van der Waals surface area contributed by atoms with E-state index in [4.69, 9.17) is 5.73 Å². The summed E-state index contributed by atoms with van der Waals surface area (Å²) < 4.78 is 0.781. The number of aromatic nitrogens is 1. The molecule has 0 aliphatic rings. The lowest BCUT2D eigenvalue weighted by atomic mass is 10.4. The van der Waals surface area contributed by atoms with Crippen molar-refractivity contribution < 1.29 is 9.72 Å². The Labute approximate surface area is 84.2 Å². The average molecular weight is 214 g/mol. The quantitative estimate of drug-likeness (QED) is 0.430. The second-order valence-corrected chi connectivity index (χ2v) is 2.68. The first-order valence-electron chi connectivity index (χ1n) is 3.41. The molecule has 0 aliphatic heterocycles. The minimum absolute atomic E-state index is 0.131. The molecule has 1 rings (SSSR count). The summed E-state index contributed by atoms with van der Waals surface area (Å²) in [6.07, 6.45) is 1.02. The number of carbonyl (C=O) groups excluding carboxylic acids is 1. The number of pyridine rings is 1. The van der Waals surface area contributed by atoms with Crippen LogP contribution in [0, 0.1) is 10.1 Å². The van der Waals surface area contributed by atoms with Gasteiger partial charge in [0.05, 0.1) is 4.92 Å². The van der Waals surface area contributed by atoms with Gasteiger partial charge in [0.1, 0.15) is 12.0 Å². The minimum Gasteiger partial charge on any atom is -0.350 e. The van der Waals surface area contributed by atoms with Crippen LogP contribution in [0.3, 0.4) is 0 Å². The number of thiol groups is 1. The van der Waals surface area contributed by atoms with Crippen LogP contribution >= 0.6 is 12.8 Å². The molecule has 0 aliphatic carbocycles. The van der Waals surface area contributed by atoms with Gasteiger partial charge < -0.3 is 5.73 Å². The highest BCUT2D eigenvalue weighted by molar-refractivity contribution is 7.82. The number of carbonyl (C=O) groups is 1. The third-order valence-corrected chi connectivity index (χ3v) is 1.77. The van der Waals surface area contributed by atoms with Crippen molar-refractivity contribution in [3.63, 3.8) is 0 Å². The van der Waals surface area contributed by atoms with Crippen molar-refractivity contribution in [2.45, 2.75) is 0 Å². The first-order chi connectivity index (χ1) is 6.52. The molecular weight excluding hydrogens is 208 g/mol. The molecule has 8 heteroatoms. The fourth-order valence-electron chi connectivity index (χ4n) is 0.724. The molecule has 2 N–H and O–H groups in total. The zero-order chi connectivity index (χ0) is 10.7. The van der Waals surface area contributed by atoms with Crippen LogP contribution in [0.25, 0.3) is 0 Å². The van der Waals surface area contributed by atoms with E-state index in [1.807, 2.05) is 0 Å². The highest BCUT2D eigenvalue weighted by atomic mass is 32.1. The lowest BCUT2D eigenvalue weighted by Gasteiger charge is -2.09. The average Bonchev–Trinajstić information content (AvgIpc) is 2.16. The Morgan fingerprint density at radius 3 is 2.64 bits per heavy atom. The van der Waals surface area contributed by atoms with Gasteiger partial charge in [-0.2, -0.15) is 0 Å². The predicted octanol–water partition coefficient (Wildman–Crippen LogP) is 0.720. The second-order valence-electron chi connectivity index (χ2n) is 2.28. The van der Waals surface area contributed by atoms with E-state index in [1.54, 1.807) is 0 Å². The molecule has 0 fully saturated rings. The summed E-state index contributed by atoms with van der Waals surface area (Å²) >= 11 is 3.73. The zero-order valence-electron chi connectivity index (χ0n) is 6.82. The minimum atomic E-state index is -0.810. The molecule has 0 aromatic carbocycles. The third-order valence-electron chi connectivity index (χ3n) is 1.37. The summed E-state index contributed by atoms with van der Waals surface area (Å²) in [7, 11) is 0. The Kier molecular flexibility index (Phi) is 2.87. The SMILES string of the molecule is NC(=O)N(S)c1ccc([N+](=O)[O-])cn1. The van der Waals surface area contributed by atoms with E-state index in [-0.39, 0.29) is 11.5 Å². The Hall–Kier alpha value is -1.83. The van der Waals surface area contributed by atoms with Gasteiger partial charge >= 0.3 is 6.03 Å². The number of hydrogen-bond donors (Lipinski definition) is 2. The molecular formula is C6H6N4O3S. The Morgan fingerprint density at radius 1 is 1.64 bits per heavy atom. The number of anilines is 1. The maximum Gasteiger partial charge on any atom is 0.330 e. The molecule has 1 aromatic rings. The first kappa shape index (κ1) is 10.3. The smallest absolute Gasteiger partial charge is 0.330 e. The Bertz CT molecular complexity index is 366. The fourth-order valence-corrected chi connectivity index (χ4v) is 0.843. The summed E-state index contributed by atoms with van der Waals surface area (Å²) in [5.74, 6) is 0.131. The molecule has 14 heavy (non-hydrogen) atoms. The monoisotopic (exact) mass is 214 g/mol. The van der Waals surface area contributed by atoms with Crippen LogP contribution in [-0.4, -0.2) is 15.9 Å². The van der Waals surface area contributed by atoms with E-state index < -0.39 is 11.0 Å². The molecule has 1 heterocycles. The molecule has 2 amide bonds. The van der Waals surface area contributed by atoms with Crippen molar-refractivity contribution >= 4 is 30.4 Å². The van der Waals surface area contributed by atoms with Crippen LogP contribution in [0.5, 0.6) is 0 Å². The number of rotatable bonds is 2. The molecule has 7 nitrogen and oxygen atoms in total. The molecule has 0 saturated carbocycles. The van der Waals surface area contributed by atoms with Gasteiger partial charge in [-0.3, -0.25) is 10.1 Å². The summed E-state index contributed by atoms with van der Waals surface area (Å²) in [6.45, 7) is 0. The highest BCUT2D eigenvalue weighted by Crippen LogP contribution is 2.16. The van der Waals surface area contributed by atoms with Crippen molar-refractivity contribution in [3.05, 3.63) is 28.4 Å².